The van der Waals surface area contributed by atoms with E-state index in [2.05, 4.69) is 31.7 Å². The van der Waals surface area contributed by atoms with Crippen LogP contribution in [0.5, 0.6) is 5.75 Å². The van der Waals surface area contributed by atoms with Crippen LogP contribution in [0.3, 0.4) is 0 Å². The first-order valence-electron chi connectivity index (χ1n) is 6.38. The Morgan fingerprint density at radius 3 is 2.72 bits per heavy atom. The van der Waals surface area contributed by atoms with E-state index in [0.717, 1.165) is 17.9 Å². The van der Waals surface area contributed by atoms with Gasteiger partial charge in [-0.2, -0.15) is 0 Å². The highest BCUT2D eigenvalue weighted by Crippen LogP contribution is 2.37. The van der Waals surface area contributed by atoms with Gasteiger partial charge in [-0.15, -0.1) is 0 Å². The number of aryl methyl sites for hydroxylation is 1. The summed E-state index contributed by atoms with van der Waals surface area (Å²) in [5.74, 6) is 1.14. The molecule has 1 saturated heterocycles. The molecule has 1 aliphatic rings. The van der Waals surface area contributed by atoms with Crippen LogP contribution in [-0.4, -0.2) is 25.0 Å². The maximum Gasteiger partial charge on any atom is 0.152 e. The Balaban J connectivity index is 2.45. The van der Waals surface area contributed by atoms with Crippen molar-refractivity contribution in [1.82, 2.24) is 0 Å². The quantitative estimate of drug-likeness (QED) is 0.804. The van der Waals surface area contributed by atoms with Crippen LogP contribution in [0.25, 0.3) is 0 Å². The van der Waals surface area contributed by atoms with Gasteiger partial charge in [-0.25, -0.2) is 0 Å². The summed E-state index contributed by atoms with van der Waals surface area (Å²) >= 11 is 0. The lowest BCUT2D eigenvalue weighted by molar-refractivity contribution is -0.119. The van der Waals surface area contributed by atoms with Crippen molar-refractivity contribution in [2.75, 3.05) is 18.6 Å². The molecule has 0 spiro atoms. The largest absolute Gasteiger partial charge is 0.495 e. The van der Waals surface area contributed by atoms with Crippen LogP contribution >= 0.6 is 0 Å². The van der Waals surface area contributed by atoms with E-state index in [1.807, 2.05) is 12.1 Å². The van der Waals surface area contributed by atoms with E-state index in [0.29, 0.717) is 18.7 Å². The Labute approximate surface area is 109 Å². The summed E-state index contributed by atoms with van der Waals surface area (Å²) in [6, 6.07) is 6.10. The van der Waals surface area contributed by atoms with Gasteiger partial charge in [0.25, 0.3) is 0 Å². The zero-order chi connectivity index (χ0) is 13.3. The average molecular weight is 247 g/mol. The van der Waals surface area contributed by atoms with Crippen LogP contribution in [0.4, 0.5) is 5.69 Å². The Kier molecular flexibility index (Phi) is 3.33. The van der Waals surface area contributed by atoms with Crippen molar-refractivity contribution in [3.05, 3.63) is 23.8 Å². The standard InChI is InChI=1S/C15H21NO2/c1-11-5-6-14(18-4)13(9-11)16-10-12(17)7-8-15(16,2)3/h5-6,9H,7-8,10H2,1-4H3. The number of anilines is 1. The van der Waals surface area contributed by atoms with Crippen LogP contribution in [0.1, 0.15) is 32.3 Å². The summed E-state index contributed by atoms with van der Waals surface area (Å²) < 4.78 is 5.43. The zero-order valence-electron chi connectivity index (χ0n) is 11.6. The fraction of sp³-hybridized carbons (Fsp3) is 0.533. The maximum atomic E-state index is 11.7. The van der Waals surface area contributed by atoms with E-state index < -0.39 is 0 Å². The monoisotopic (exact) mass is 247 g/mol. The number of piperidine rings is 1. The van der Waals surface area contributed by atoms with Crippen LogP contribution in [0.2, 0.25) is 0 Å². The van der Waals surface area contributed by atoms with E-state index in [1.54, 1.807) is 7.11 Å². The topological polar surface area (TPSA) is 29.5 Å². The number of carbonyl (C=O) groups is 1. The highest BCUT2D eigenvalue weighted by atomic mass is 16.5. The predicted molar refractivity (Wildman–Crippen MR) is 73.4 cm³/mol. The summed E-state index contributed by atoms with van der Waals surface area (Å²) in [6.45, 7) is 6.90. The molecule has 3 heteroatoms. The lowest BCUT2D eigenvalue weighted by Crippen LogP contribution is -2.51. The highest BCUT2D eigenvalue weighted by molar-refractivity contribution is 5.86. The smallest absolute Gasteiger partial charge is 0.152 e. The van der Waals surface area contributed by atoms with Gasteiger partial charge in [0.1, 0.15) is 5.75 Å². The van der Waals surface area contributed by atoms with Gasteiger partial charge in [0.2, 0.25) is 0 Å². The second kappa shape index (κ2) is 4.63. The second-order valence-electron chi connectivity index (χ2n) is 5.61. The molecular formula is C15H21NO2. The van der Waals surface area contributed by atoms with E-state index in [4.69, 9.17) is 4.74 Å². The molecule has 98 valence electrons. The van der Waals surface area contributed by atoms with Gasteiger partial charge in [0.15, 0.2) is 5.78 Å². The number of hydrogen-bond donors (Lipinski definition) is 0. The number of methoxy groups -OCH3 is 1. The van der Waals surface area contributed by atoms with Crippen molar-refractivity contribution in [2.24, 2.45) is 0 Å². The third-order valence-electron chi connectivity index (χ3n) is 3.71. The van der Waals surface area contributed by atoms with Gasteiger partial charge in [0.05, 0.1) is 19.3 Å². The maximum absolute atomic E-state index is 11.7. The molecule has 0 radical (unpaired) electrons. The Morgan fingerprint density at radius 1 is 1.33 bits per heavy atom. The number of rotatable bonds is 2. The summed E-state index contributed by atoms with van der Waals surface area (Å²) in [5, 5.41) is 0. The lowest BCUT2D eigenvalue weighted by Gasteiger charge is -2.44. The molecule has 1 fully saturated rings. The van der Waals surface area contributed by atoms with Crippen molar-refractivity contribution in [1.29, 1.82) is 0 Å². The van der Waals surface area contributed by atoms with Gasteiger partial charge >= 0.3 is 0 Å². The first-order valence-corrected chi connectivity index (χ1v) is 6.38. The molecule has 18 heavy (non-hydrogen) atoms. The van der Waals surface area contributed by atoms with Crippen molar-refractivity contribution < 1.29 is 9.53 Å². The summed E-state index contributed by atoms with van der Waals surface area (Å²) in [7, 11) is 1.67. The molecule has 1 aromatic rings. The summed E-state index contributed by atoms with van der Waals surface area (Å²) in [5.41, 5.74) is 2.20. The zero-order valence-corrected chi connectivity index (χ0v) is 11.6. The molecule has 0 aliphatic carbocycles. The molecule has 0 unspecified atom stereocenters. The van der Waals surface area contributed by atoms with E-state index >= 15 is 0 Å². The summed E-state index contributed by atoms with van der Waals surface area (Å²) in [6.07, 6.45) is 1.57. The van der Waals surface area contributed by atoms with Crippen molar-refractivity contribution >= 4 is 11.5 Å². The molecule has 1 aliphatic heterocycles. The van der Waals surface area contributed by atoms with Crippen molar-refractivity contribution in [3.63, 3.8) is 0 Å². The molecule has 1 heterocycles. The molecule has 3 nitrogen and oxygen atoms in total. The van der Waals surface area contributed by atoms with Gasteiger partial charge in [-0.05, 0) is 44.9 Å². The van der Waals surface area contributed by atoms with Gasteiger partial charge in [-0.1, -0.05) is 6.07 Å². The molecular weight excluding hydrogens is 226 g/mol. The van der Waals surface area contributed by atoms with Crippen LogP contribution < -0.4 is 9.64 Å². The SMILES string of the molecule is COc1ccc(C)cc1N1CC(=O)CCC1(C)C. The molecule has 0 bridgehead atoms. The first-order chi connectivity index (χ1) is 8.44. The minimum absolute atomic E-state index is 0.00498. The van der Waals surface area contributed by atoms with Crippen molar-refractivity contribution in [2.45, 2.75) is 39.2 Å². The Hall–Kier alpha value is -1.51. The fourth-order valence-electron chi connectivity index (χ4n) is 2.47. The molecule has 0 aromatic heterocycles. The Morgan fingerprint density at radius 2 is 2.06 bits per heavy atom. The molecule has 0 amide bonds. The van der Waals surface area contributed by atoms with Crippen molar-refractivity contribution in [3.8, 4) is 5.75 Å². The van der Waals surface area contributed by atoms with Crippen LogP contribution in [0, 0.1) is 6.92 Å². The van der Waals surface area contributed by atoms with Gasteiger partial charge in [0, 0.05) is 12.0 Å². The molecule has 0 atom stereocenters. The van der Waals surface area contributed by atoms with E-state index in [-0.39, 0.29) is 5.54 Å². The van der Waals surface area contributed by atoms with E-state index in [9.17, 15) is 4.79 Å². The number of ether oxygens (including phenoxy) is 1. The number of Topliss-reactive ketones (excluding diaryl/α,β-unsaturated/α-hetero) is 1. The molecule has 1 aromatic carbocycles. The molecule has 2 rings (SSSR count). The van der Waals surface area contributed by atoms with Crippen LogP contribution in [-0.2, 0) is 4.79 Å². The predicted octanol–water partition coefficient (Wildman–Crippen LogP) is 2.95. The number of benzene rings is 1. The third-order valence-corrected chi connectivity index (χ3v) is 3.71. The molecule has 0 N–H and O–H groups in total. The number of hydrogen-bond acceptors (Lipinski definition) is 3. The number of nitrogens with zero attached hydrogens (tertiary/aromatic N) is 1. The Bertz CT molecular complexity index is 466. The van der Waals surface area contributed by atoms with Gasteiger partial charge < -0.3 is 9.64 Å². The molecule has 0 saturated carbocycles. The van der Waals surface area contributed by atoms with Crippen LogP contribution in [0.15, 0.2) is 18.2 Å². The average Bonchev–Trinajstić information content (AvgIpc) is 2.32. The summed E-state index contributed by atoms with van der Waals surface area (Å²) in [4.78, 5) is 13.9. The lowest BCUT2D eigenvalue weighted by atomic mass is 9.89. The fourth-order valence-corrected chi connectivity index (χ4v) is 2.47. The van der Waals surface area contributed by atoms with Gasteiger partial charge in [-0.3, -0.25) is 4.79 Å². The van der Waals surface area contributed by atoms with E-state index in [1.165, 1.54) is 5.56 Å². The third kappa shape index (κ3) is 2.35. The minimum Gasteiger partial charge on any atom is -0.495 e. The first kappa shape index (κ1) is 12.9. The normalized spacial score (nSPS) is 18.9. The second-order valence-corrected chi connectivity index (χ2v) is 5.61. The number of ketones is 1. The minimum atomic E-state index is -0.00498. The highest BCUT2D eigenvalue weighted by Gasteiger charge is 2.34. The number of carbonyl (C=O) groups excluding carboxylic acids is 1.